The van der Waals surface area contributed by atoms with Gasteiger partial charge in [-0.15, -0.1) is 0 Å². The van der Waals surface area contributed by atoms with Gasteiger partial charge in [0.1, 0.15) is 0 Å². The Kier molecular flexibility index (Phi) is 5.44. The molecular weight excluding hydrogens is 510 g/mol. The molecule has 3 heteroatoms. The lowest BCUT2D eigenvalue weighted by Crippen LogP contribution is -2.18. The predicted octanol–water partition coefficient (Wildman–Crippen LogP) is 10.0. The number of rotatable bonds is 3. The normalized spacial score (nSPS) is 13.1. The van der Waals surface area contributed by atoms with Crippen LogP contribution in [-0.2, 0) is 0 Å². The summed E-state index contributed by atoms with van der Waals surface area (Å²) in [6.07, 6.45) is 7.96. The molecule has 0 saturated carbocycles. The zero-order chi connectivity index (χ0) is 28.2. The molecule has 1 aliphatic heterocycles. The van der Waals surface area contributed by atoms with E-state index < -0.39 is 0 Å². The summed E-state index contributed by atoms with van der Waals surface area (Å²) in [7, 11) is 0. The Morgan fingerprint density at radius 2 is 1.14 bits per heavy atom. The molecule has 0 radical (unpaired) electrons. The van der Waals surface area contributed by atoms with Crippen molar-refractivity contribution in [1.82, 2.24) is 4.98 Å². The molecule has 0 amide bonds. The molecule has 198 valence electrons. The second-order valence-corrected chi connectivity index (χ2v) is 10.7. The molecular formula is C39H27N3. The number of allylic oxidation sites excluding steroid dienone is 3. The Morgan fingerprint density at radius 3 is 1.86 bits per heavy atom. The van der Waals surface area contributed by atoms with Crippen molar-refractivity contribution in [3.05, 3.63) is 152 Å². The minimum atomic E-state index is 0.686. The molecule has 7 aromatic rings. The average Bonchev–Trinajstić information content (AvgIpc) is 3.05. The first-order chi connectivity index (χ1) is 20.7. The molecule has 0 bridgehead atoms. The lowest BCUT2D eigenvalue weighted by atomic mass is 9.91. The van der Waals surface area contributed by atoms with E-state index >= 15 is 0 Å². The molecule has 3 nitrogen and oxygen atoms in total. The second-order valence-electron chi connectivity index (χ2n) is 10.7. The molecule has 42 heavy (non-hydrogen) atoms. The molecule has 2 N–H and O–H groups in total. The summed E-state index contributed by atoms with van der Waals surface area (Å²) in [5.41, 5.74) is 14.2. The van der Waals surface area contributed by atoms with Crippen molar-refractivity contribution in [3.8, 4) is 22.4 Å². The van der Waals surface area contributed by atoms with Gasteiger partial charge in [0.2, 0.25) is 0 Å². The van der Waals surface area contributed by atoms with E-state index in [4.69, 9.17) is 10.7 Å². The SMILES string of the molecule is C=C1C=CC=CN1c1c(-c2cccc(-c3ccc4c5ccccc5c5ccccc5c4c3)c2)nc2ccccc2c1N. The number of anilines is 2. The Bertz CT molecular complexity index is 2260. The number of para-hydroxylation sites is 1. The molecule has 0 saturated heterocycles. The minimum absolute atomic E-state index is 0.686. The summed E-state index contributed by atoms with van der Waals surface area (Å²) in [4.78, 5) is 7.19. The molecule has 0 spiro atoms. The topological polar surface area (TPSA) is 42.2 Å². The number of nitrogens with two attached hydrogens (primary N) is 1. The molecule has 8 rings (SSSR count). The van der Waals surface area contributed by atoms with Crippen LogP contribution in [0.25, 0.3) is 65.6 Å². The van der Waals surface area contributed by atoms with Gasteiger partial charge < -0.3 is 10.6 Å². The summed E-state index contributed by atoms with van der Waals surface area (Å²) in [6, 6.07) is 40.8. The van der Waals surface area contributed by atoms with Crippen molar-refractivity contribution in [3.63, 3.8) is 0 Å². The highest BCUT2D eigenvalue weighted by Gasteiger charge is 2.21. The largest absolute Gasteiger partial charge is 0.396 e. The maximum absolute atomic E-state index is 6.88. The van der Waals surface area contributed by atoms with E-state index in [9.17, 15) is 0 Å². The van der Waals surface area contributed by atoms with Gasteiger partial charge >= 0.3 is 0 Å². The van der Waals surface area contributed by atoms with E-state index in [0.717, 1.165) is 44.7 Å². The van der Waals surface area contributed by atoms with Crippen molar-refractivity contribution in [2.24, 2.45) is 0 Å². The first-order valence-corrected chi connectivity index (χ1v) is 14.1. The number of nitrogens with zero attached hydrogens (tertiary/aromatic N) is 2. The van der Waals surface area contributed by atoms with Crippen LogP contribution in [0.1, 0.15) is 0 Å². The van der Waals surface area contributed by atoms with E-state index in [1.807, 2.05) is 53.6 Å². The highest BCUT2D eigenvalue weighted by Crippen LogP contribution is 2.43. The molecule has 1 aliphatic rings. The molecule has 6 aromatic carbocycles. The van der Waals surface area contributed by atoms with Gasteiger partial charge in [-0.3, -0.25) is 0 Å². The maximum atomic E-state index is 6.88. The van der Waals surface area contributed by atoms with Crippen molar-refractivity contribution in [2.75, 3.05) is 10.6 Å². The molecule has 2 heterocycles. The number of fused-ring (bicyclic) bond motifs is 7. The zero-order valence-electron chi connectivity index (χ0n) is 23.0. The fourth-order valence-corrected chi connectivity index (χ4v) is 6.30. The number of pyridine rings is 1. The average molecular weight is 538 g/mol. The standard InChI is InChI=1S/C39H27N3/c1-25-11-8-9-22-42(25)39-37(40)34-18-6-7-19-36(34)41-38(39)28-13-10-12-26(23-28)27-20-21-33-31-16-3-2-14-29(31)30-15-4-5-17-32(30)35(33)24-27/h2-24H,1H2,(H2,40,41). The number of benzene rings is 6. The Balaban J connectivity index is 1.34. The lowest BCUT2D eigenvalue weighted by molar-refractivity contribution is 1.19. The molecule has 0 fully saturated rings. The van der Waals surface area contributed by atoms with Gasteiger partial charge in [0.05, 0.1) is 22.6 Å². The number of hydrogen-bond acceptors (Lipinski definition) is 3. The van der Waals surface area contributed by atoms with Crippen LogP contribution >= 0.6 is 0 Å². The zero-order valence-corrected chi connectivity index (χ0v) is 23.0. The smallest absolute Gasteiger partial charge is 0.0971 e. The lowest BCUT2D eigenvalue weighted by Gasteiger charge is -2.27. The van der Waals surface area contributed by atoms with Crippen LogP contribution in [0.3, 0.4) is 0 Å². The van der Waals surface area contributed by atoms with Crippen LogP contribution in [0.15, 0.2) is 152 Å². The van der Waals surface area contributed by atoms with Crippen LogP contribution in [0, 0.1) is 0 Å². The Morgan fingerprint density at radius 1 is 0.548 bits per heavy atom. The summed E-state index contributed by atoms with van der Waals surface area (Å²) >= 11 is 0. The van der Waals surface area contributed by atoms with Gasteiger partial charge in [0.15, 0.2) is 0 Å². The third-order valence-electron chi connectivity index (χ3n) is 8.30. The highest BCUT2D eigenvalue weighted by molar-refractivity contribution is 6.25. The Hall–Kier alpha value is -5.67. The fraction of sp³-hybridized carbons (Fsp3) is 0. The molecule has 0 aliphatic carbocycles. The van der Waals surface area contributed by atoms with Gasteiger partial charge in [0, 0.05) is 22.8 Å². The summed E-state index contributed by atoms with van der Waals surface area (Å²) < 4.78 is 0. The number of aromatic nitrogens is 1. The highest BCUT2D eigenvalue weighted by atomic mass is 15.1. The van der Waals surface area contributed by atoms with Gasteiger partial charge in [-0.25, -0.2) is 4.98 Å². The van der Waals surface area contributed by atoms with Crippen molar-refractivity contribution >= 4 is 54.6 Å². The van der Waals surface area contributed by atoms with Crippen LogP contribution in [-0.4, -0.2) is 4.98 Å². The Labute approximate surface area is 244 Å². The predicted molar refractivity (Wildman–Crippen MR) is 179 cm³/mol. The van der Waals surface area contributed by atoms with Crippen LogP contribution in [0.2, 0.25) is 0 Å². The third-order valence-corrected chi connectivity index (χ3v) is 8.30. The molecule has 0 atom stereocenters. The first-order valence-electron chi connectivity index (χ1n) is 14.1. The van der Waals surface area contributed by atoms with Crippen LogP contribution in [0.4, 0.5) is 11.4 Å². The maximum Gasteiger partial charge on any atom is 0.0971 e. The van der Waals surface area contributed by atoms with Crippen LogP contribution < -0.4 is 10.6 Å². The van der Waals surface area contributed by atoms with Crippen molar-refractivity contribution in [2.45, 2.75) is 0 Å². The minimum Gasteiger partial charge on any atom is -0.396 e. The van der Waals surface area contributed by atoms with Crippen molar-refractivity contribution in [1.29, 1.82) is 0 Å². The quantitative estimate of drug-likeness (QED) is 0.228. The van der Waals surface area contributed by atoms with Gasteiger partial charge in [-0.05, 0) is 73.8 Å². The molecule has 1 aromatic heterocycles. The number of nitrogen functional groups attached to an aromatic ring is 1. The van der Waals surface area contributed by atoms with E-state index in [0.29, 0.717) is 5.69 Å². The van der Waals surface area contributed by atoms with E-state index in [1.165, 1.54) is 32.3 Å². The molecule has 0 unspecified atom stereocenters. The van der Waals surface area contributed by atoms with Gasteiger partial charge in [0.25, 0.3) is 0 Å². The van der Waals surface area contributed by atoms with Crippen LogP contribution in [0.5, 0.6) is 0 Å². The van der Waals surface area contributed by atoms with Gasteiger partial charge in [-0.1, -0.05) is 110 Å². The van der Waals surface area contributed by atoms with E-state index in [1.54, 1.807) is 0 Å². The second kappa shape index (κ2) is 9.46. The van der Waals surface area contributed by atoms with Crippen molar-refractivity contribution < 1.29 is 0 Å². The fourth-order valence-electron chi connectivity index (χ4n) is 6.30. The monoisotopic (exact) mass is 537 g/mol. The summed E-state index contributed by atoms with van der Waals surface area (Å²) in [5, 5.41) is 8.54. The summed E-state index contributed by atoms with van der Waals surface area (Å²) in [6.45, 7) is 4.27. The van der Waals surface area contributed by atoms with E-state index in [-0.39, 0.29) is 0 Å². The van der Waals surface area contributed by atoms with E-state index in [2.05, 4.69) is 97.6 Å². The van der Waals surface area contributed by atoms with Gasteiger partial charge in [-0.2, -0.15) is 0 Å². The number of hydrogen-bond donors (Lipinski definition) is 1. The third kappa shape index (κ3) is 3.71. The summed E-state index contributed by atoms with van der Waals surface area (Å²) in [5.74, 6) is 0. The first kappa shape index (κ1) is 24.2.